The molecule has 47 heavy (non-hydrogen) atoms. The van der Waals surface area contributed by atoms with Crippen LogP contribution in [0.15, 0.2) is 30.3 Å². The standard InChI is InChI=1S/C34H33F4N7O2/c1-4-8-27(46)44-16-13-22(18-21(44)12-14-39)45-32-25-17-20(2)28(24-10-5-6-11-26(24)34(36,37)38)29(35)30(25)40-33(31(32)41-42-45)47-19-23-9-7-15-43(23)3/h5-6,10-11,17,21-23H,7,9,12-13,15-16,18-19H2,1-3H3/t21-,22+,23+/m1/s1. The number of amides is 1. The topological polar surface area (TPSA) is 100 Å². The summed E-state index contributed by atoms with van der Waals surface area (Å²) in [6.45, 7) is 4.63. The van der Waals surface area contributed by atoms with Crippen molar-refractivity contribution in [2.45, 2.75) is 70.3 Å². The molecule has 4 heterocycles. The molecule has 2 aliphatic heterocycles. The molecule has 0 saturated carbocycles. The number of hydrogen-bond donors (Lipinski definition) is 0. The highest BCUT2D eigenvalue weighted by molar-refractivity contribution is 6.06. The first-order valence-electron chi connectivity index (χ1n) is 15.5. The fourth-order valence-corrected chi connectivity index (χ4v) is 6.90. The van der Waals surface area contributed by atoms with Gasteiger partial charge in [-0.1, -0.05) is 29.3 Å². The van der Waals surface area contributed by atoms with Gasteiger partial charge < -0.3 is 14.5 Å². The Morgan fingerprint density at radius 3 is 2.64 bits per heavy atom. The van der Waals surface area contributed by atoms with Crippen LogP contribution < -0.4 is 4.74 Å². The van der Waals surface area contributed by atoms with Gasteiger partial charge in [0.2, 0.25) is 5.88 Å². The number of ether oxygens (including phenoxy) is 1. The number of carbonyl (C=O) groups is 1. The summed E-state index contributed by atoms with van der Waals surface area (Å²) in [6.07, 6.45) is -1.87. The van der Waals surface area contributed by atoms with Crippen molar-refractivity contribution in [1.29, 1.82) is 5.26 Å². The number of likely N-dealkylation sites (tertiary alicyclic amines) is 2. The lowest BCUT2D eigenvalue weighted by Crippen LogP contribution is -2.46. The van der Waals surface area contributed by atoms with Crippen molar-refractivity contribution in [3.05, 3.63) is 47.3 Å². The highest BCUT2D eigenvalue weighted by atomic mass is 19.4. The quantitative estimate of drug-likeness (QED) is 0.186. The van der Waals surface area contributed by atoms with Crippen LogP contribution in [-0.4, -0.2) is 74.5 Å². The highest BCUT2D eigenvalue weighted by Crippen LogP contribution is 2.43. The summed E-state index contributed by atoms with van der Waals surface area (Å²) in [5.74, 6) is 3.94. The number of carbonyl (C=O) groups excluding carboxylic acids is 1. The molecule has 0 N–H and O–H groups in total. The van der Waals surface area contributed by atoms with Crippen molar-refractivity contribution in [3.8, 4) is 34.9 Å². The molecule has 13 heteroatoms. The number of halogens is 4. The summed E-state index contributed by atoms with van der Waals surface area (Å²) in [6, 6.07) is 8.01. The zero-order valence-corrected chi connectivity index (χ0v) is 26.2. The molecule has 2 aromatic heterocycles. The maximum absolute atomic E-state index is 16.7. The molecule has 3 atom stereocenters. The average Bonchev–Trinajstić information content (AvgIpc) is 3.67. The van der Waals surface area contributed by atoms with Crippen molar-refractivity contribution in [1.82, 2.24) is 29.8 Å². The van der Waals surface area contributed by atoms with Crippen LogP contribution in [-0.2, 0) is 11.0 Å². The zero-order chi connectivity index (χ0) is 33.5. The molecule has 0 aliphatic carbocycles. The van der Waals surface area contributed by atoms with Crippen LogP contribution >= 0.6 is 0 Å². The lowest BCUT2D eigenvalue weighted by Gasteiger charge is -2.37. The van der Waals surface area contributed by atoms with Gasteiger partial charge >= 0.3 is 6.18 Å². The number of nitrogens with zero attached hydrogens (tertiary/aromatic N) is 7. The Morgan fingerprint density at radius 1 is 1.15 bits per heavy atom. The smallest absolute Gasteiger partial charge is 0.417 e. The number of benzene rings is 2. The molecule has 0 unspecified atom stereocenters. The van der Waals surface area contributed by atoms with E-state index in [1.807, 2.05) is 7.05 Å². The van der Waals surface area contributed by atoms with Gasteiger partial charge in [0.15, 0.2) is 11.3 Å². The summed E-state index contributed by atoms with van der Waals surface area (Å²) < 4.78 is 66.7. The van der Waals surface area contributed by atoms with Crippen molar-refractivity contribution in [2.24, 2.45) is 0 Å². The first-order valence-corrected chi connectivity index (χ1v) is 15.5. The highest BCUT2D eigenvalue weighted by Gasteiger charge is 2.36. The molecule has 2 aromatic carbocycles. The second kappa shape index (κ2) is 12.8. The van der Waals surface area contributed by atoms with Crippen molar-refractivity contribution in [3.63, 3.8) is 0 Å². The summed E-state index contributed by atoms with van der Waals surface area (Å²) >= 11 is 0. The number of hydrogen-bond acceptors (Lipinski definition) is 7. The molecule has 0 radical (unpaired) electrons. The predicted molar refractivity (Wildman–Crippen MR) is 167 cm³/mol. The van der Waals surface area contributed by atoms with E-state index in [4.69, 9.17) is 4.74 Å². The van der Waals surface area contributed by atoms with Crippen LogP contribution in [0.5, 0.6) is 5.88 Å². The third-order valence-corrected chi connectivity index (χ3v) is 9.24. The van der Waals surface area contributed by atoms with Gasteiger partial charge in [0.1, 0.15) is 17.6 Å². The van der Waals surface area contributed by atoms with Gasteiger partial charge in [-0.25, -0.2) is 14.1 Å². The van der Waals surface area contributed by atoms with Gasteiger partial charge in [-0.05, 0) is 82.3 Å². The van der Waals surface area contributed by atoms with Crippen LogP contribution in [0.1, 0.15) is 56.2 Å². The average molecular weight is 648 g/mol. The Labute approximate surface area is 269 Å². The predicted octanol–water partition coefficient (Wildman–Crippen LogP) is 6.05. The molecule has 1 amide bonds. The minimum atomic E-state index is -4.70. The Balaban J connectivity index is 1.52. The fourth-order valence-electron chi connectivity index (χ4n) is 6.90. The first kappa shape index (κ1) is 32.2. The number of nitriles is 1. The van der Waals surface area contributed by atoms with E-state index >= 15 is 4.39 Å². The van der Waals surface area contributed by atoms with E-state index in [9.17, 15) is 23.2 Å². The second-order valence-corrected chi connectivity index (χ2v) is 12.1. The molecule has 2 saturated heterocycles. The maximum atomic E-state index is 16.7. The number of likely N-dealkylation sites (N-methyl/N-ethyl adjacent to an activating group) is 1. The number of rotatable bonds is 6. The van der Waals surface area contributed by atoms with Crippen LogP contribution in [0.3, 0.4) is 0 Å². The number of aryl methyl sites for hydroxylation is 1. The SMILES string of the molecule is CC#CC(=O)N1CC[C@H](n2nnc3c(OC[C@@H]4CCCN4C)nc4c(F)c(-c5ccccc5C(F)(F)F)c(C)cc4c32)C[C@H]1CC#N. The van der Waals surface area contributed by atoms with E-state index in [0.717, 1.165) is 25.5 Å². The van der Waals surface area contributed by atoms with Crippen molar-refractivity contribution < 1.29 is 27.1 Å². The Kier molecular flexibility index (Phi) is 8.77. The molecule has 2 aliphatic rings. The van der Waals surface area contributed by atoms with Crippen LogP contribution in [0, 0.1) is 35.9 Å². The van der Waals surface area contributed by atoms with E-state index in [1.165, 1.54) is 18.2 Å². The molecule has 9 nitrogen and oxygen atoms in total. The van der Waals surface area contributed by atoms with E-state index < -0.39 is 23.6 Å². The third-order valence-electron chi connectivity index (χ3n) is 9.24. The van der Waals surface area contributed by atoms with Crippen LogP contribution in [0.2, 0.25) is 0 Å². The van der Waals surface area contributed by atoms with Gasteiger partial charge in [0.05, 0.1) is 24.1 Å². The normalized spacial score (nSPS) is 20.3. The van der Waals surface area contributed by atoms with Gasteiger partial charge in [0, 0.05) is 29.6 Å². The second-order valence-electron chi connectivity index (χ2n) is 12.1. The third kappa shape index (κ3) is 5.96. The number of aromatic nitrogens is 4. The number of piperidine rings is 1. The van der Waals surface area contributed by atoms with Crippen molar-refractivity contribution in [2.75, 3.05) is 26.7 Å². The van der Waals surface area contributed by atoms with E-state index in [0.29, 0.717) is 35.8 Å². The minimum Gasteiger partial charge on any atom is -0.474 e. The monoisotopic (exact) mass is 647 g/mol. The molecule has 0 bridgehead atoms. The lowest BCUT2D eigenvalue weighted by atomic mass is 9.92. The first-order chi connectivity index (χ1) is 22.5. The minimum absolute atomic E-state index is 0.0382. The molecule has 0 spiro atoms. The summed E-state index contributed by atoms with van der Waals surface area (Å²) in [7, 11) is 1.99. The Hall–Kier alpha value is -4.75. The van der Waals surface area contributed by atoms with Gasteiger partial charge in [-0.15, -0.1) is 5.10 Å². The molecular weight excluding hydrogens is 614 g/mol. The van der Waals surface area contributed by atoms with Gasteiger partial charge in [0.25, 0.3) is 5.91 Å². The number of alkyl halides is 3. The maximum Gasteiger partial charge on any atom is 0.417 e. The Bertz CT molecular complexity index is 1960. The molecular formula is C34H33F4N7O2. The molecule has 244 valence electrons. The van der Waals surface area contributed by atoms with Crippen LogP contribution in [0.25, 0.3) is 33.1 Å². The summed E-state index contributed by atoms with van der Waals surface area (Å²) in [5.41, 5.74) is -0.586. The number of fused-ring (bicyclic) bond motifs is 3. The van der Waals surface area contributed by atoms with Crippen LogP contribution in [0.4, 0.5) is 17.6 Å². The van der Waals surface area contributed by atoms with E-state index in [-0.39, 0.29) is 59.1 Å². The summed E-state index contributed by atoms with van der Waals surface area (Å²) in [5, 5.41) is 18.7. The molecule has 6 rings (SSSR count). The van der Waals surface area contributed by atoms with Gasteiger partial charge in [-0.2, -0.15) is 18.4 Å². The zero-order valence-electron chi connectivity index (χ0n) is 26.2. The van der Waals surface area contributed by atoms with E-state index in [2.05, 4.69) is 38.1 Å². The van der Waals surface area contributed by atoms with E-state index in [1.54, 1.807) is 29.5 Å². The largest absolute Gasteiger partial charge is 0.474 e. The molecule has 2 fully saturated rings. The van der Waals surface area contributed by atoms with Gasteiger partial charge in [-0.3, -0.25) is 4.79 Å². The number of pyridine rings is 1. The summed E-state index contributed by atoms with van der Waals surface area (Å²) in [4.78, 5) is 21.0. The molecule has 4 aromatic rings. The fraction of sp³-hybridized carbons (Fsp3) is 0.441. The lowest BCUT2D eigenvalue weighted by molar-refractivity contribution is -0.137. The van der Waals surface area contributed by atoms with Crippen molar-refractivity contribution >= 4 is 27.8 Å². The Morgan fingerprint density at radius 2 is 1.94 bits per heavy atom.